The number of halogens is 1. The number of nitrogens with one attached hydrogen (secondary N) is 1. The number of benzene rings is 1. The second-order valence-corrected chi connectivity index (χ2v) is 6.57. The molecule has 1 aromatic heterocycles. The molecule has 1 saturated carbocycles. The van der Waals surface area contributed by atoms with Gasteiger partial charge in [-0.2, -0.15) is 0 Å². The average molecular weight is 361 g/mol. The summed E-state index contributed by atoms with van der Waals surface area (Å²) in [5, 5.41) is 3.25. The highest BCUT2D eigenvalue weighted by Gasteiger charge is 2.30. The summed E-state index contributed by atoms with van der Waals surface area (Å²) in [6.07, 6.45) is 4.09. The number of methoxy groups -OCH3 is 1. The van der Waals surface area contributed by atoms with Crippen LogP contribution in [-0.2, 0) is 6.54 Å². The Labute approximate surface area is 152 Å². The fourth-order valence-electron chi connectivity index (χ4n) is 2.59. The number of rotatable bonds is 7. The number of hydrogen-bond acceptors (Lipinski definition) is 4. The van der Waals surface area contributed by atoms with Gasteiger partial charge in [0.1, 0.15) is 5.75 Å². The van der Waals surface area contributed by atoms with Crippen molar-refractivity contribution in [3.63, 3.8) is 0 Å². The molecule has 2 aromatic rings. The van der Waals surface area contributed by atoms with E-state index in [1.54, 1.807) is 37.6 Å². The highest BCUT2D eigenvalue weighted by molar-refractivity contribution is 6.34. The van der Waals surface area contributed by atoms with Gasteiger partial charge < -0.3 is 14.8 Å². The van der Waals surface area contributed by atoms with E-state index in [0.29, 0.717) is 34.7 Å². The van der Waals surface area contributed by atoms with E-state index in [1.807, 2.05) is 13.0 Å². The Hall–Kier alpha value is -2.27. The normalized spacial score (nSPS) is 14.7. The first-order valence-electron chi connectivity index (χ1n) is 8.30. The Morgan fingerprint density at radius 1 is 1.36 bits per heavy atom. The predicted octanol–water partition coefficient (Wildman–Crippen LogP) is 3.85. The third-order valence-electron chi connectivity index (χ3n) is 4.26. The van der Waals surface area contributed by atoms with Gasteiger partial charge in [0.2, 0.25) is 5.88 Å². The SMILES string of the molecule is COc1ccc(CNC(=O)c2c(Cl)cccc2OC(C)C2CC2)cn1. The molecule has 1 unspecified atom stereocenters. The quantitative estimate of drug-likeness (QED) is 0.814. The van der Waals surface area contributed by atoms with Gasteiger partial charge in [-0.15, -0.1) is 0 Å². The van der Waals surface area contributed by atoms with Crippen molar-refractivity contribution in [3.05, 3.63) is 52.7 Å². The predicted molar refractivity (Wildman–Crippen MR) is 96.2 cm³/mol. The van der Waals surface area contributed by atoms with E-state index in [1.165, 1.54) is 12.8 Å². The van der Waals surface area contributed by atoms with Crippen molar-refractivity contribution in [3.8, 4) is 11.6 Å². The van der Waals surface area contributed by atoms with Gasteiger partial charge in [0, 0.05) is 18.8 Å². The highest BCUT2D eigenvalue weighted by Crippen LogP contribution is 2.36. The Morgan fingerprint density at radius 3 is 2.80 bits per heavy atom. The summed E-state index contributed by atoms with van der Waals surface area (Å²) in [4.78, 5) is 16.8. The number of nitrogens with zero attached hydrogens (tertiary/aromatic N) is 1. The topological polar surface area (TPSA) is 60.5 Å². The lowest BCUT2D eigenvalue weighted by Crippen LogP contribution is -2.25. The smallest absolute Gasteiger partial charge is 0.256 e. The lowest BCUT2D eigenvalue weighted by atomic mass is 10.1. The number of aromatic nitrogens is 1. The standard InChI is InChI=1S/C19H21ClN2O3/c1-12(14-7-8-14)25-16-5-3-4-15(20)18(16)19(23)22-11-13-6-9-17(24-2)21-10-13/h3-6,9-10,12,14H,7-8,11H2,1-2H3,(H,22,23). The maximum atomic E-state index is 12.6. The third-order valence-corrected chi connectivity index (χ3v) is 4.58. The van der Waals surface area contributed by atoms with Crippen LogP contribution in [0.2, 0.25) is 5.02 Å². The first kappa shape index (κ1) is 17.5. The van der Waals surface area contributed by atoms with E-state index in [9.17, 15) is 4.79 Å². The van der Waals surface area contributed by atoms with Crippen molar-refractivity contribution < 1.29 is 14.3 Å². The van der Waals surface area contributed by atoms with Crippen molar-refractivity contribution in [1.29, 1.82) is 0 Å². The lowest BCUT2D eigenvalue weighted by Gasteiger charge is -2.17. The van der Waals surface area contributed by atoms with E-state index < -0.39 is 0 Å². The van der Waals surface area contributed by atoms with E-state index in [2.05, 4.69) is 10.3 Å². The molecule has 6 heteroatoms. The fraction of sp³-hybridized carbons (Fsp3) is 0.368. The van der Waals surface area contributed by atoms with Crippen molar-refractivity contribution in [1.82, 2.24) is 10.3 Å². The largest absolute Gasteiger partial charge is 0.490 e. The molecular formula is C19H21ClN2O3. The van der Waals surface area contributed by atoms with Crippen LogP contribution in [0.25, 0.3) is 0 Å². The third kappa shape index (κ3) is 4.42. The monoisotopic (exact) mass is 360 g/mol. The summed E-state index contributed by atoms with van der Waals surface area (Å²) in [7, 11) is 1.56. The number of carbonyl (C=O) groups is 1. The summed E-state index contributed by atoms with van der Waals surface area (Å²) in [6.45, 7) is 2.38. The van der Waals surface area contributed by atoms with E-state index in [-0.39, 0.29) is 12.0 Å². The van der Waals surface area contributed by atoms with Crippen LogP contribution in [-0.4, -0.2) is 24.1 Å². The van der Waals surface area contributed by atoms with E-state index >= 15 is 0 Å². The first-order chi connectivity index (χ1) is 12.1. The van der Waals surface area contributed by atoms with Crippen LogP contribution in [0.3, 0.4) is 0 Å². The molecular weight excluding hydrogens is 340 g/mol. The van der Waals surface area contributed by atoms with Gasteiger partial charge in [0.25, 0.3) is 5.91 Å². The molecule has 1 aromatic carbocycles. The van der Waals surface area contributed by atoms with E-state index in [0.717, 1.165) is 5.56 Å². The summed E-state index contributed by atoms with van der Waals surface area (Å²) in [5.74, 6) is 1.36. The van der Waals surface area contributed by atoms with Gasteiger partial charge >= 0.3 is 0 Å². The zero-order valence-corrected chi connectivity index (χ0v) is 15.0. The molecule has 1 amide bonds. The maximum absolute atomic E-state index is 12.6. The summed E-state index contributed by atoms with van der Waals surface area (Å²) < 4.78 is 11.0. The molecule has 0 saturated heterocycles. The molecule has 0 radical (unpaired) electrons. The molecule has 1 N–H and O–H groups in total. The molecule has 132 valence electrons. The van der Waals surface area contributed by atoms with Crippen LogP contribution in [0.15, 0.2) is 36.5 Å². The minimum atomic E-state index is -0.264. The van der Waals surface area contributed by atoms with Crippen molar-refractivity contribution in [2.75, 3.05) is 7.11 Å². The zero-order valence-electron chi connectivity index (χ0n) is 14.3. The summed E-state index contributed by atoms with van der Waals surface area (Å²) in [5.41, 5.74) is 1.24. The molecule has 1 heterocycles. The molecule has 1 aliphatic rings. The number of hydrogen-bond donors (Lipinski definition) is 1. The van der Waals surface area contributed by atoms with Crippen molar-refractivity contribution in [2.24, 2.45) is 5.92 Å². The molecule has 5 nitrogen and oxygen atoms in total. The molecule has 1 fully saturated rings. The van der Waals surface area contributed by atoms with Crippen LogP contribution in [0, 0.1) is 5.92 Å². The van der Waals surface area contributed by atoms with Crippen LogP contribution in [0.1, 0.15) is 35.7 Å². The van der Waals surface area contributed by atoms with Crippen molar-refractivity contribution in [2.45, 2.75) is 32.4 Å². The molecule has 0 bridgehead atoms. The van der Waals surface area contributed by atoms with Gasteiger partial charge in [0.05, 0.1) is 23.8 Å². The van der Waals surface area contributed by atoms with Crippen LogP contribution < -0.4 is 14.8 Å². The van der Waals surface area contributed by atoms with Crippen LogP contribution >= 0.6 is 11.6 Å². The zero-order chi connectivity index (χ0) is 17.8. The molecule has 25 heavy (non-hydrogen) atoms. The average Bonchev–Trinajstić information content (AvgIpc) is 3.45. The Balaban J connectivity index is 1.69. The first-order valence-corrected chi connectivity index (χ1v) is 8.68. The van der Waals surface area contributed by atoms with Gasteiger partial charge in [-0.25, -0.2) is 4.98 Å². The van der Waals surface area contributed by atoms with Gasteiger partial charge in [0.15, 0.2) is 0 Å². The minimum absolute atomic E-state index is 0.0794. The highest BCUT2D eigenvalue weighted by atomic mass is 35.5. The van der Waals surface area contributed by atoms with Crippen LogP contribution in [0.5, 0.6) is 11.6 Å². The number of ether oxygens (including phenoxy) is 2. The second kappa shape index (κ2) is 7.74. The minimum Gasteiger partial charge on any atom is -0.490 e. The van der Waals surface area contributed by atoms with E-state index in [4.69, 9.17) is 21.1 Å². The number of carbonyl (C=O) groups excluding carboxylic acids is 1. The number of amides is 1. The maximum Gasteiger partial charge on any atom is 0.256 e. The molecule has 1 atom stereocenters. The van der Waals surface area contributed by atoms with Gasteiger partial charge in [-0.05, 0) is 43.4 Å². The number of pyridine rings is 1. The second-order valence-electron chi connectivity index (χ2n) is 6.16. The van der Waals surface area contributed by atoms with Gasteiger partial charge in [-0.1, -0.05) is 23.7 Å². The Kier molecular flexibility index (Phi) is 5.43. The van der Waals surface area contributed by atoms with Crippen LogP contribution in [0.4, 0.5) is 0 Å². The van der Waals surface area contributed by atoms with Gasteiger partial charge in [-0.3, -0.25) is 4.79 Å². The molecule has 0 aliphatic heterocycles. The van der Waals surface area contributed by atoms with Crippen molar-refractivity contribution >= 4 is 17.5 Å². The molecule has 0 spiro atoms. The summed E-state index contributed by atoms with van der Waals surface area (Å²) >= 11 is 6.25. The fourth-order valence-corrected chi connectivity index (χ4v) is 2.84. The Bertz CT molecular complexity index is 745. The molecule has 1 aliphatic carbocycles. The molecule has 3 rings (SSSR count). The summed E-state index contributed by atoms with van der Waals surface area (Å²) in [6, 6.07) is 8.88. The Morgan fingerprint density at radius 2 is 2.16 bits per heavy atom. The lowest BCUT2D eigenvalue weighted by molar-refractivity contribution is 0.0943.